The van der Waals surface area contributed by atoms with Crippen LogP contribution in [0.2, 0.25) is 0 Å². The van der Waals surface area contributed by atoms with Crippen LogP contribution in [0.1, 0.15) is 0 Å². The summed E-state index contributed by atoms with van der Waals surface area (Å²) in [5.74, 6) is -1.45. The van der Waals surface area contributed by atoms with Crippen molar-refractivity contribution in [1.29, 1.82) is 0 Å². The van der Waals surface area contributed by atoms with Crippen molar-refractivity contribution in [3.63, 3.8) is 0 Å². The van der Waals surface area contributed by atoms with Gasteiger partial charge in [-0.15, -0.1) is 8.78 Å². The number of benzene rings is 2. The summed E-state index contributed by atoms with van der Waals surface area (Å²) in [7, 11) is 1.41. The maximum Gasteiger partial charge on any atom is 0.586 e. The number of anilines is 1. The summed E-state index contributed by atoms with van der Waals surface area (Å²) in [5, 5.41) is 4.40. The SMILES string of the molecule is CN(C(=O)Cn1nc(-c2cccc(F)c2)c2occc2c1=O)c1ccc2c(c1)OC(F)(F)O2. The fraction of sp³-hybridized carbons (Fsp3) is 0.136. The van der Waals surface area contributed by atoms with Gasteiger partial charge in [0.25, 0.3) is 5.56 Å². The van der Waals surface area contributed by atoms with E-state index < -0.39 is 30.1 Å². The van der Waals surface area contributed by atoms with Crippen molar-refractivity contribution in [2.24, 2.45) is 0 Å². The van der Waals surface area contributed by atoms with Gasteiger partial charge in [-0.3, -0.25) is 9.59 Å². The van der Waals surface area contributed by atoms with Crippen LogP contribution in [0, 0.1) is 5.82 Å². The molecule has 0 saturated carbocycles. The predicted molar refractivity (Wildman–Crippen MR) is 110 cm³/mol. The van der Waals surface area contributed by atoms with E-state index in [-0.39, 0.29) is 33.8 Å². The van der Waals surface area contributed by atoms with Crippen LogP contribution in [-0.2, 0) is 11.3 Å². The largest absolute Gasteiger partial charge is 0.586 e. The van der Waals surface area contributed by atoms with Gasteiger partial charge in [0, 0.05) is 24.4 Å². The van der Waals surface area contributed by atoms with E-state index in [0.717, 1.165) is 9.58 Å². The molecule has 1 aliphatic heterocycles. The summed E-state index contributed by atoms with van der Waals surface area (Å²) < 4.78 is 55.4. The van der Waals surface area contributed by atoms with Gasteiger partial charge in [0.1, 0.15) is 18.1 Å². The Morgan fingerprint density at radius 1 is 1.12 bits per heavy atom. The third-order valence-corrected chi connectivity index (χ3v) is 5.10. The van der Waals surface area contributed by atoms with Crippen molar-refractivity contribution in [1.82, 2.24) is 9.78 Å². The van der Waals surface area contributed by atoms with Crippen LogP contribution in [0.25, 0.3) is 22.2 Å². The van der Waals surface area contributed by atoms with Gasteiger partial charge >= 0.3 is 6.29 Å². The number of aromatic nitrogens is 2. The van der Waals surface area contributed by atoms with E-state index in [4.69, 9.17) is 4.42 Å². The summed E-state index contributed by atoms with van der Waals surface area (Å²) in [4.78, 5) is 26.9. The van der Waals surface area contributed by atoms with E-state index in [1.807, 2.05) is 0 Å². The molecule has 11 heteroatoms. The third-order valence-electron chi connectivity index (χ3n) is 5.10. The number of likely N-dealkylation sites (N-methyl/N-ethyl adjacent to an activating group) is 1. The van der Waals surface area contributed by atoms with Gasteiger partial charge in [-0.25, -0.2) is 9.07 Å². The summed E-state index contributed by atoms with van der Waals surface area (Å²) in [5.41, 5.74) is 0.379. The maximum absolute atomic E-state index is 13.8. The van der Waals surface area contributed by atoms with Crippen LogP contribution in [0.4, 0.5) is 18.9 Å². The Morgan fingerprint density at radius 2 is 1.91 bits per heavy atom. The lowest BCUT2D eigenvalue weighted by atomic mass is 10.1. The second-order valence-corrected chi connectivity index (χ2v) is 7.24. The van der Waals surface area contributed by atoms with Crippen molar-refractivity contribution in [3.05, 3.63) is 71.0 Å². The van der Waals surface area contributed by atoms with Crippen LogP contribution in [-0.4, -0.2) is 29.0 Å². The van der Waals surface area contributed by atoms with E-state index in [2.05, 4.69) is 14.6 Å². The van der Waals surface area contributed by atoms with Gasteiger partial charge < -0.3 is 18.8 Å². The third kappa shape index (κ3) is 3.67. The highest BCUT2D eigenvalue weighted by Gasteiger charge is 2.43. The number of halogens is 3. The molecule has 0 bridgehead atoms. The zero-order valence-corrected chi connectivity index (χ0v) is 16.9. The van der Waals surface area contributed by atoms with Gasteiger partial charge in [-0.2, -0.15) is 5.10 Å². The second-order valence-electron chi connectivity index (χ2n) is 7.24. The lowest BCUT2D eigenvalue weighted by Crippen LogP contribution is -2.35. The summed E-state index contributed by atoms with van der Waals surface area (Å²) in [6.07, 6.45) is -2.48. The number of carbonyl (C=O) groups excluding carboxylic acids is 1. The molecule has 0 saturated heterocycles. The van der Waals surface area contributed by atoms with Crippen LogP contribution in [0.3, 0.4) is 0 Å². The Balaban J connectivity index is 1.48. The zero-order valence-electron chi connectivity index (χ0n) is 16.9. The molecule has 0 fully saturated rings. The molecule has 33 heavy (non-hydrogen) atoms. The first-order chi connectivity index (χ1) is 15.7. The minimum absolute atomic E-state index is 0.160. The number of nitrogens with zero attached hydrogens (tertiary/aromatic N) is 3. The Bertz CT molecular complexity index is 1460. The van der Waals surface area contributed by atoms with Crippen molar-refractivity contribution < 1.29 is 31.9 Å². The molecule has 0 N–H and O–H groups in total. The Morgan fingerprint density at radius 3 is 2.70 bits per heavy atom. The zero-order chi connectivity index (χ0) is 23.3. The highest BCUT2D eigenvalue weighted by atomic mass is 19.3. The number of hydrogen-bond donors (Lipinski definition) is 0. The first-order valence-electron chi connectivity index (χ1n) is 9.62. The molecule has 4 aromatic rings. The fourth-order valence-electron chi connectivity index (χ4n) is 3.47. The van der Waals surface area contributed by atoms with Crippen LogP contribution in [0.15, 0.2) is 64.0 Å². The standard InChI is InChI=1S/C22H14F3N3O5/c1-27(14-5-6-16-17(10-14)33-22(24,25)32-16)18(29)11-28-21(30)15-7-8-31-20(15)19(26-28)12-3-2-4-13(23)9-12/h2-10H,11H2,1H3. The van der Waals surface area contributed by atoms with Crippen molar-refractivity contribution in [2.45, 2.75) is 12.8 Å². The Kier molecular flexibility index (Phi) is 4.62. The topological polar surface area (TPSA) is 86.8 Å². The monoisotopic (exact) mass is 457 g/mol. The minimum atomic E-state index is -3.78. The van der Waals surface area contributed by atoms with Crippen LogP contribution in [0.5, 0.6) is 11.5 Å². The molecule has 2 aromatic heterocycles. The van der Waals surface area contributed by atoms with Gasteiger partial charge in [0.2, 0.25) is 5.91 Å². The van der Waals surface area contributed by atoms with E-state index in [9.17, 15) is 22.8 Å². The van der Waals surface area contributed by atoms with Gasteiger partial charge in [-0.05, 0) is 30.3 Å². The number of ether oxygens (including phenoxy) is 2. The second kappa shape index (κ2) is 7.40. The smallest absolute Gasteiger partial charge is 0.462 e. The molecule has 0 spiro atoms. The summed E-state index contributed by atoms with van der Waals surface area (Å²) in [6.45, 7) is -0.469. The minimum Gasteiger partial charge on any atom is -0.462 e. The Hall–Kier alpha value is -4.28. The predicted octanol–water partition coefficient (Wildman–Crippen LogP) is 3.78. The highest BCUT2D eigenvalue weighted by Crippen LogP contribution is 2.42. The molecule has 168 valence electrons. The lowest BCUT2D eigenvalue weighted by molar-refractivity contribution is -0.286. The molecule has 1 aliphatic rings. The van der Waals surface area contributed by atoms with Crippen molar-refractivity contribution in [2.75, 3.05) is 11.9 Å². The van der Waals surface area contributed by atoms with E-state index in [1.54, 1.807) is 6.07 Å². The van der Waals surface area contributed by atoms with E-state index in [0.29, 0.717) is 5.56 Å². The van der Waals surface area contributed by atoms with Gasteiger partial charge in [0.05, 0.1) is 11.6 Å². The normalized spacial score (nSPS) is 13.9. The van der Waals surface area contributed by atoms with E-state index in [1.165, 1.54) is 55.8 Å². The molecule has 5 rings (SSSR count). The van der Waals surface area contributed by atoms with Gasteiger partial charge in [-0.1, -0.05) is 12.1 Å². The number of hydrogen-bond acceptors (Lipinski definition) is 6. The number of amides is 1. The molecule has 2 aromatic carbocycles. The lowest BCUT2D eigenvalue weighted by Gasteiger charge is -2.18. The molecule has 0 unspecified atom stereocenters. The summed E-state index contributed by atoms with van der Waals surface area (Å²) in [6, 6.07) is 10.9. The van der Waals surface area contributed by atoms with E-state index >= 15 is 0 Å². The number of furan rings is 1. The molecule has 8 nitrogen and oxygen atoms in total. The summed E-state index contributed by atoms with van der Waals surface area (Å²) >= 11 is 0. The molecule has 3 heterocycles. The molecular weight excluding hydrogens is 443 g/mol. The first kappa shape index (κ1) is 20.6. The first-order valence-corrected chi connectivity index (χ1v) is 9.62. The van der Waals surface area contributed by atoms with Crippen molar-refractivity contribution >= 4 is 22.6 Å². The molecule has 1 amide bonds. The average Bonchev–Trinajstić information content (AvgIpc) is 3.37. The quantitative estimate of drug-likeness (QED) is 0.464. The average molecular weight is 457 g/mol. The highest BCUT2D eigenvalue weighted by molar-refractivity contribution is 5.94. The fourth-order valence-corrected chi connectivity index (χ4v) is 3.47. The van der Waals surface area contributed by atoms with Crippen LogP contribution >= 0.6 is 0 Å². The number of carbonyl (C=O) groups is 1. The van der Waals surface area contributed by atoms with Crippen molar-refractivity contribution in [3.8, 4) is 22.8 Å². The number of fused-ring (bicyclic) bond motifs is 2. The molecular formula is C22H14F3N3O5. The van der Waals surface area contributed by atoms with Gasteiger partial charge in [0.15, 0.2) is 17.1 Å². The molecule has 0 atom stereocenters. The Labute approximate surface area is 183 Å². The number of rotatable bonds is 4. The number of alkyl halides is 2. The molecule has 0 radical (unpaired) electrons. The van der Waals surface area contributed by atoms with Crippen LogP contribution < -0.4 is 19.9 Å². The maximum atomic E-state index is 13.8. The molecule has 0 aliphatic carbocycles.